The fourth-order valence-corrected chi connectivity index (χ4v) is 5.05. The van der Waals surface area contributed by atoms with E-state index in [0.29, 0.717) is 5.02 Å². The van der Waals surface area contributed by atoms with Gasteiger partial charge >= 0.3 is 6.18 Å². The van der Waals surface area contributed by atoms with Crippen LogP contribution in [0.1, 0.15) is 12.1 Å². The van der Waals surface area contributed by atoms with Gasteiger partial charge in [0.15, 0.2) is 5.69 Å². The van der Waals surface area contributed by atoms with E-state index in [-0.39, 0.29) is 28.4 Å². The van der Waals surface area contributed by atoms with Crippen LogP contribution in [0.2, 0.25) is 5.02 Å². The monoisotopic (exact) mass is 463 g/mol. The second-order valence-corrected chi connectivity index (χ2v) is 8.97. The average Bonchev–Trinajstić information content (AvgIpc) is 3.29. The molecule has 0 aliphatic carbocycles. The summed E-state index contributed by atoms with van der Waals surface area (Å²) in [6.45, 7) is -0.0919. The van der Waals surface area contributed by atoms with Gasteiger partial charge in [0.2, 0.25) is 15.7 Å². The van der Waals surface area contributed by atoms with Gasteiger partial charge in [-0.25, -0.2) is 8.42 Å². The van der Waals surface area contributed by atoms with E-state index in [4.69, 9.17) is 11.6 Å². The predicted molar refractivity (Wildman–Crippen MR) is 102 cm³/mol. The number of carbonyl (C=O) groups is 1. The molecule has 1 aromatic carbocycles. The summed E-state index contributed by atoms with van der Waals surface area (Å²) in [5.41, 5.74) is -0.946. The Bertz CT molecular complexity index is 1120. The number of rotatable bonds is 6. The summed E-state index contributed by atoms with van der Waals surface area (Å²) in [4.78, 5) is 12.1. The molecule has 0 aliphatic rings. The van der Waals surface area contributed by atoms with Crippen molar-refractivity contribution in [2.24, 2.45) is 0 Å². The standard InChI is InChI=1S/C17H13ClF3N3O3S2/c18-11-1-3-12(4-2-11)29(26,27)14-10-28-9-13(14)22-16(25)6-8-24-7-5-15(23-24)17(19,20)21/h1-5,7,9-10H,6,8H2,(H,22,25). The van der Waals surface area contributed by atoms with E-state index in [1.807, 2.05) is 0 Å². The van der Waals surface area contributed by atoms with Gasteiger partial charge in [0.05, 0.1) is 10.6 Å². The second kappa shape index (κ2) is 8.17. The smallest absolute Gasteiger partial charge is 0.324 e. The summed E-state index contributed by atoms with van der Waals surface area (Å²) in [6.07, 6.45) is -3.62. The summed E-state index contributed by atoms with van der Waals surface area (Å²) < 4.78 is 64.2. The Balaban J connectivity index is 1.69. The number of hydrogen-bond acceptors (Lipinski definition) is 5. The molecule has 0 saturated carbocycles. The van der Waals surface area contributed by atoms with Crippen molar-refractivity contribution in [1.29, 1.82) is 0 Å². The zero-order valence-electron chi connectivity index (χ0n) is 14.5. The average molecular weight is 464 g/mol. The molecule has 0 saturated heterocycles. The Morgan fingerprint density at radius 1 is 1.17 bits per heavy atom. The molecule has 12 heteroatoms. The summed E-state index contributed by atoms with van der Waals surface area (Å²) in [5, 5.41) is 9.09. The minimum atomic E-state index is -4.56. The molecule has 3 rings (SSSR count). The first kappa shape index (κ1) is 21.3. The molecule has 0 bridgehead atoms. The van der Waals surface area contributed by atoms with Gasteiger partial charge in [-0.3, -0.25) is 9.48 Å². The van der Waals surface area contributed by atoms with Gasteiger partial charge in [0, 0.05) is 34.9 Å². The number of amides is 1. The van der Waals surface area contributed by atoms with Crippen LogP contribution in [0.5, 0.6) is 0 Å². The summed E-state index contributed by atoms with van der Waals surface area (Å²) >= 11 is 6.87. The lowest BCUT2D eigenvalue weighted by molar-refractivity contribution is -0.141. The number of hydrogen-bond donors (Lipinski definition) is 1. The van der Waals surface area contributed by atoms with Crippen molar-refractivity contribution in [2.45, 2.75) is 28.9 Å². The zero-order chi connectivity index (χ0) is 21.2. The summed E-state index contributed by atoms with van der Waals surface area (Å²) in [6, 6.07) is 6.41. The first-order chi connectivity index (χ1) is 13.6. The Morgan fingerprint density at radius 3 is 2.48 bits per heavy atom. The number of anilines is 1. The molecule has 0 atom stereocenters. The maximum absolute atomic E-state index is 12.8. The normalized spacial score (nSPS) is 12.1. The van der Waals surface area contributed by atoms with Gasteiger partial charge in [-0.15, -0.1) is 11.3 Å². The molecule has 1 N–H and O–H groups in total. The quantitative estimate of drug-likeness (QED) is 0.584. The van der Waals surface area contributed by atoms with Gasteiger partial charge < -0.3 is 5.32 Å². The van der Waals surface area contributed by atoms with E-state index in [0.717, 1.165) is 28.3 Å². The van der Waals surface area contributed by atoms with Crippen LogP contribution in [0.3, 0.4) is 0 Å². The Labute approximate surface area is 172 Å². The lowest BCUT2D eigenvalue weighted by atomic mass is 10.4. The van der Waals surface area contributed by atoms with Crippen LogP contribution in [0.15, 0.2) is 57.1 Å². The molecule has 0 radical (unpaired) electrons. The maximum atomic E-state index is 12.8. The molecule has 0 unspecified atom stereocenters. The van der Waals surface area contributed by atoms with Gasteiger partial charge in [0.25, 0.3) is 0 Å². The van der Waals surface area contributed by atoms with Crippen LogP contribution in [0.4, 0.5) is 18.9 Å². The number of alkyl halides is 3. The topological polar surface area (TPSA) is 81.1 Å². The van der Waals surface area contributed by atoms with Gasteiger partial charge in [-0.2, -0.15) is 18.3 Å². The number of benzene rings is 1. The minimum Gasteiger partial charge on any atom is -0.324 e. The van der Waals surface area contributed by atoms with E-state index >= 15 is 0 Å². The molecule has 0 spiro atoms. The van der Waals surface area contributed by atoms with Crippen LogP contribution < -0.4 is 5.32 Å². The number of thiophene rings is 1. The Hall–Kier alpha value is -2.37. The second-order valence-electron chi connectivity index (χ2n) is 5.87. The van der Waals surface area contributed by atoms with Crippen molar-refractivity contribution < 1.29 is 26.4 Å². The third-order valence-corrected chi connectivity index (χ3v) is 6.77. The first-order valence-electron chi connectivity index (χ1n) is 8.05. The van der Waals surface area contributed by atoms with Crippen LogP contribution in [0, 0.1) is 0 Å². The van der Waals surface area contributed by atoms with Crippen molar-refractivity contribution in [2.75, 3.05) is 5.32 Å². The maximum Gasteiger partial charge on any atom is 0.435 e. The van der Waals surface area contributed by atoms with Gasteiger partial charge in [-0.1, -0.05) is 11.6 Å². The molecule has 6 nitrogen and oxygen atoms in total. The van der Waals surface area contributed by atoms with Crippen molar-refractivity contribution >= 4 is 44.4 Å². The summed E-state index contributed by atoms with van der Waals surface area (Å²) in [5.74, 6) is -0.556. The zero-order valence-corrected chi connectivity index (χ0v) is 16.9. The van der Waals surface area contributed by atoms with Crippen LogP contribution >= 0.6 is 22.9 Å². The minimum absolute atomic E-state index is 0.0204. The lowest BCUT2D eigenvalue weighted by Crippen LogP contribution is -2.16. The molecule has 3 aromatic rings. The number of halogens is 4. The highest BCUT2D eigenvalue weighted by atomic mass is 35.5. The van der Waals surface area contributed by atoms with E-state index < -0.39 is 27.6 Å². The predicted octanol–water partition coefficient (Wildman–Crippen LogP) is 4.48. The fourth-order valence-electron chi connectivity index (χ4n) is 2.39. The van der Waals surface area contributed by atoms with Crippen LogP contribution in [0.25, 0.3) is 0 Å². The van der Waals surface area contributed by atoms with Crippen molar-refractivity contribution in [1.82, 2.24) is 9.78 Å². The number of sulfone groups is 1. The lowest BCUT2D eigenvalue weighted by Gasteiger charge is -2.08. The van der Waals surface area contributed by atoms with Crippen molar-refractivity contribution in [3.8, 4) is 0 Å². The van der Waals surface area contributed by atoms with Crippen molar-refractivity contribution in [3.63, 3.8) is 0 Å². The highest BCUT2D eigenvalue weighted by Crippen LogP contribution is 2.32. The fraction of sp³-hybridized carbons (Fsp3) is 0.176. The Kier molecular flexibility index (Phi) is 6.01. The van der Waals surface area contributed by atoms with Gasteiger partial charge in [-0.05, 0) is 30.3 Å². The number of carbonyl (C=O) groups excluding carboxylic acids is 1. The number of aromatic nitrogens is 2. The van der Waals surface area contributed by atoms with Crippen molar-refractivity contribution in [3.05, 3.63) is 58.0 Å². The molecule has 29 heavy (non-hydrogen) atoms. The third kappa shape index (κ3) is 4.98. The van der Waals surface area contributed by atoms with E-state index in [9.17, 15) is 26.4 Å². The van der Waals surface area contributed by atoms with E-state index in [2.05, 4.69) is 10.4 Å². The molecule has 2 aromatic heterocycles. The SMILES string of the molecule is O=C(CCn1ccc(C(F)(F)F)n1)Nc1cscc1S(=O)(=O)c1ccc(Cl)cc1. The van der Waals surface area contributed by atoms with E-state index in [1.165, 1.54) is 35.0 Å². The molecule has 154 valence electrons. The largest absolute Gasteiger partial charge is 0.435 e. The first-order valence-corrected chi connectivity index (χ1v) is 10.8. The van der Waals surface area contributed by atoms with E-state index in [1.54, 1.807) is 0 Å². The summed E-state index contributed by atoms with van der Waals surface area (Å²) in [7, 11) is -3.87. The van der Waals surface area contributed by atoms with Crippen LogP contribution in [-0.4, -0.2) is 24.1 Å². The molecule has 0 fully saturated rings. The number of aryl methyl sites for hydroxylation is 1. The molecule has 2 heterocycles. The molecular formula is C17H13ClF3N3O3S2. The third-order valence-electron chi connectivity index (χ3n) is 3.81. The highest BCUT2D eigenvalue weighted by molar-refractivity contribution is 7.91. The Morgan fingerprint density at radius 2 is 1.86 bits per heavy atom. The highest BCUT2D eigenvalue weighted by Gasteiger charge is 2.33. The molecule has 0 aliphatic heterocycles. The number of nitrogens with zero attached hydrogens (tertiary/aromatic N) is 2. The number of nitrogens with one attached hydrogen (secondary N) is 1. The molecular weight excluding hydrogens is 451 g/mol. The molecule has 1 amide bonds. The van der Waals surface area contributed by atoms with Crippen LogP contribution in [-0.2, 0) is 27.4 Å². The van der Waals surface area contributed by atoms with Gasteiger partial charge in [0.1, 0.15) is 4.90 Å².